The quantitative estimate of drug-likeness (QED) is 0.630. The molecule has 2 amide bonds. The van der Waals surface area contributed by atoms with E-state index in [1.807, 2.05) is 5.38 Å². The van der Waals surface area contributed by atoms with Crippen molar-refractivity contribution in [1.29, 1.82) is 0 Å². The zero-order chi connectivity index (χ0) is 14.1. The highest BCUT2D eigenvalue weighted by atomic mass is 32.1. The zero-order valence-electron chi connectivity index (χ0n) is 10.9. The van der Waals surface area contributed by atoms with Crippen LogP contribution < -0.4 is 10.6 Å². The molecule has 0 unspecified atom stereocenters. The van der Waals surface area contributed by atoms with Crippen molar-refractivity contribution in [2.45, 2.75) is 32.6 Å². The lowest BCUT2D eigenvalue weighted by Gasteiger charge is -2.05. The number of rotatable bonds is 8. The molecule has 0 fully saturated rings. The summed E-state index contributed by atoms with van der Waals surface area (Å²) in [6.07, 6.45) is 2.15. The lowest BCUT2D eigenvalue weighted by Crippen LogP contribution is -2.37. The number of aryl methyl sites for hydroxylation is 1. The van der Waals surface area contributed by atoms with Crippen LogP contribution >= 0.6 is 11.3 Å². The van der Waals surface area contributed by atoms with Crippen LogP contribution in [0.5, 0.6) is 0 Å². The van der Waals surface area contributed by atoms with Gasteiger partial charge in [0.2, 0.25) is 0 Å². The molecular formula is C12H19N3O3S. The molecule has 0 aromatic carbocycles. The largest absolute Gasteiger partial charge is 0.481 e. The lowest BCUT2D eigenvalue weighted by molar-refractivity contribution is -0.137. The van der Waals surface area contributed by atoms with Gasteiger partial charge in [-0.3, -0.25) is 4.79 Å². The lowest BCUT2D eigenvalue weighted by atomic mass is 10.3. The number of carbonyl (C=O) groups is 2. The fourth-order valence-corrected chi connectivity index (χ4v) is 2.21. The maximum atomic E-state index is 11.4. The molecule has 1 aromatic rings. The SMILES string of the molecule is CCc1nc(CCNC(=O)NCCCC(=O)O)cs1. The first kappa shape index (κ1) is 15.4. The number of urea groups is 1. The predicted molar refractivity (Wildman–Crippen MR) is 73.5 cm³/mol. The smallest absolute Gasteiger partial charge is 0.314 e. The molecule has 6 nitrogen and oxygen atoms in total. The Kier molecular flexibility index (Phi) is 6.88. The molecule has 0 saturated heterocycles. The highest BCUT2D eigenvalue weighted by molar-refractivity contribution is 7.09. The summed E-state index contributed by atoms with van der Waals surface area (Å²) in [4.78, 5) is 26.0. The molecule has 0 radical (unpaired) electrons. The summed E-state index contributed by atoms with van der Waals surface area (Å²) in [5.74, 6) is -0.850. The molecule has 0 aliphatic carbocycles. The first-order valence-corrected chi connectivity index (χ1v) is 7.16. The molecule has 0 atom stereocenters. The van der Waals surface area contributed by atoms with Crippen molar-refractivity contribution in [1.82, 2.24) is 15.6 Å². The van der Waals surface area contributed by atoms with Crippen LogP contribution in [0.15, 0.2) is 5.38 Å². The number of amides is 2. The Labute approximate surface area is 116 Å². The van der Waals surface area contributed by atoms with Gasteiger partial charge in [0.1, 0.15) is 0 Å². The Bertz CT molecular complexity index is 420. The van der Waals surface area contributed by atoms with Gasteiger partial charge in [0.25, 0.3) is 0 Å². The summed E-state index contributed by atoms with van der Waals surface area (Å²) >= 11 is 1.63. The summed E-state index contributed by atoms with van der Waals surface area (Å²) < 4.78 is 0. The Morgan fingerprint density at radius 2 is 2.11 bits per heavy atom. The third-order valence-corrected chi connectivity index (χ3v) is 3.46. The van der Waals surface area contributed by atoms with Gasteiger partial charge < -0.3 is 15.7 Å². The number of hydrogen-bond acceptors (Lipinski definition) is 4. The van der Waals surface area contributed by atoms with Crippen LogP contribution in [-0.4, -0.2) is 35.2 Å². The second kappa shape index (κ2) is 8.47. The molecule has 1 rings (SSSR count). The molecule has 0 saturated carbocycles. The van der Waals surface area contributed by atoms with Crippen molar-refractivity contribution < 1.29 is 14.7 Å². The van der Waals surface area contributed by atoms with E-state index in [1.165, 1.54) is 0 Å². The van der Waals surface area contributed by atoms with Gasteiger partial charge >= 0.3 is 12.0 Å². The Morgan fingerprint density at radius 1 is 1.37 bits per heavy atom. The van der Waals surface area contributed by atoms with Crippen LogP contribution in [0.2, 0.25) is 0 Å². The van der Waals surface area contributed by atoms with Crippen molar-refractivity contribution in [3.05, 3.63) is 16.1 Å². The van der Waals surface area contributed by atoms with Gasteiger partial charge in [0.05, 0.1) is 10.7 Å². The van der Waals surface area contributed by atoms with Crippen LogP contribution in [0.3, 0.4) is 0 Å². The normalized spacial score (nSPS) is 10.2. The standard InChI is InChI=1S/C12H19N3O3S/c1-2-10-15-9(8-19-10)5-7-14-12(18)13-6-3-4-11(16)17/h8H,2-7H2,1H3,(H,16,17)(H2,13,14,18). The number of hydrogen-bond donors (Lipinski definition) is 3. The summed E-state index contributed by atoms with van der Waals surface area (Å²) in [7, 11) is 0. The van der Waals surface area contributed by atoms with E-state index in [9.17, 15) is 9.59 Å². The van der Waals surface area contributed by atoms with E-state index < -0.39 is 5.97 Å². The fourth-order valence-electron chi connectivity index (χ4n) is 1.43. The monoisotopic (exact) mass is 285 g/mol. The minimum atomic E-state index is -0.850. The van der Waals surface area contributed by atoms with Gasteiger partial charge in [0, 0.05) is 31.3 Å². The number of carbonyl (C=O) groups excluding carboxylic acids is 1. The Hall–Kier alpha value is -1.63. The first-order chi connectivity index (χ1) is 9.11. The average molecular weight is 285 g/mol. The topological polar surface area (TPSA) is 91.3 Å². The molecule has 7 heteroatoms. The maximum Gasteiger partial charge on any atom is 0.314 e. The molecule has 19 heavy (non-hydrogen) atoms. The predicted octanol–water partition coefficient (Wildman–Crippen LogP) is 1.41. The van der Waals surface area contributed by atoms with E-state index in [0.717, 1.165) is 17.1 Å². The summed E-state index contributed by atoms with van der Waals surface area (Å²) in [5, 5.41) is 16.9. The van der Waals surface area contributed by atoms with Gasteiger partial charge in [-0.1, -0.05) is 6.92 Å². The number of nitrogens with one attached hydrogen (secondary N) is 2. The number of nitrogens with zero attached hydrogens (tertiary/aromatic N) is 1. The molecule has 1 aromatic heterocycles. The molecule has 3 N–H and O–H groups in total. The maximum absolute atomic E-state index is 11.4. The average Bonchev–Trinajstić information content (AvgIpc) is 2.82. The van der Waals surface area contributed by atoms with Gasteiger partial charge in [0.15, 0.2) is 0 Å². The Balaban J connectivity index is 2.08. The fraction of sp³-hybridized carbons (Fsp3) is 0.583. The molecule has 0 aliphatic heterocycles. The molecule has 0 aliphatic rings. The van der Waals surface area contributed by atoms with Crippen molar-refractivity contribution in [2.75, 3.05) is 13.1 Å². The third kappa shape index (κ3) is 6.76. The van der Waals surface area contributed by atoms with Crippen LogP contribution in [0, 0.1) is 0 Å². The van der Waals surface area contributed by atoms with Crippen LogP contribution in [0.1, 0.15) is 30.5 Å². The molecule has 1 heterocycles. The van der Waals surface area contributed by atoms with Gasteiger partial charge in [-0.2, -0.15) is 0 Å². The minimum Gasteiger partial charge on any atom is -0.481 e. The molecule has 106 valence electrons. The van der Waals surface area contributed by atoms with Crippen molar-refractivity contribution in [2.24, 2.45) is 0 Å². The van der Waals surface area contributed by atoms with Gasteiger partial charge in [-0.15, -0.1) is 11.3 Å². The summed E-state index contributed by atoms with van der Waals surface area (Å²) in [5.41, 5.74) is 0.994. The van der Waals surface area contributed by atoms with Gasteiger partial charge in [-0.05, 0) is 12.8 Å². The second-order valence-electron chi connectivity index (χ2n) is 4.02. The van der Waals surface area contributed by atoms with Gasteiger partial charge in [-0.25, -0.2) is 9.78 Å². The highest BCUT2D eigenvalue weighted by Gasteiger charge is 2.03. The van der Waals surface area contributed by atoms with Crippen LogP contribution in [0.4, 0.5) is 4.79 Å². The van der Waals surface area contributed by atoms with Crippen molar-refractivity contribution in [3.8, 4) is 0 Å². The summed E-state index contributed by atoms with van der Waals surface area (Å²) in [6.45, 7) is 2.96. The van der Waals surface area contributed by atoms with E-state index in [0.29, 0.717) is 25.9 Å². The number of aliphatic carboxylic acids is 1. The number of aromatic nitrogens is 1. The van der Waals surface area contributed by atoms with E-state index in [-0.39, 0.29) is 12.5 Å². The van der Waals surface area contributed by atoms with E-state index in [1.54, 1.807) is 11.3 Å². The number of thiazole rings is 1. The first-order valence-electron chi connectivity index (χ1n) is 6.28. The number of carboxylic acid groups (broad SMARTS) is 1. The molecule has 0 bridgehead atoms. The van der Waals surface area contributed by atoms with E-state index in [2.05, 4.69) is 22.5 Å². The van der Waals surface area contributed by atoms with Crippen molar-refractivity contribution >= 4 is 23.3 Å². The van der Waals surface area contributed by atoms with E-state index >= 15 is 0 Å². The second-order valence-corrected chi connectivity index (χ2v) is 4.96. The zero-order valence-corrected chi connectivity index (χ0v) is 11.8. The number of carboxylic acids is 1. The molecular weight excluding hydrogens is 266 g/mol. The van der Waals surface area contributed by atoms with Crippen molar-refractivity contribution in [3.63, 3.8) is 0 Å². The summed E-state index contributed by atoms with van der Waals surface area (Å²) in [6, 6.07) is -0.267. The van der Waals surface area contributed by atoms with E-state index in [4.69, 9.17) is 5.11 Å². The van der Waals surface area contributed by atoms with Crippen LogP contribution in [0.25, 0.3) is 0 Å². The van der Waals surface area contributed by atoms with Crippen LogP contribution in [-0.2, 0) is 17.6 Å². The minimum absolute atomic E-state index is 0.0684. The highest BCUT2D eigenvalue weighted by Crippen LogP contribution is 2.09. The Morgan fingerprint density at radius 3 is 2.74 bits per heavy atom. The third-order valence-electron chi connectivity index (χ3n) is 2.42. The molecule has 0 spiro atoms.